The van der Waals surface area contributed by atoms with E-state index in [2.05, 4.69) is 76.6 Å². The van der Waals surface area contributed by atoms with Crippen LogP contribution in [0.5, 0.6) is 0 Å². The Hall–Kier alpha value is -1.26. The van der Waals surface area contributed by atoms with Crippen molar-refractivity contribution >= 4 is 23.5 Å². The topological polar surface area (TPSA) is 23.4 Å². The van der Waals surface area contributed by atoms with Gasteiger partial charge in [-0.25, -0.2) is 0 Å². The molecule has 112 valence electrons. The number of hydrogen-bond acceptors (Lipinski definition) is 2. The molecule has 1 fully saturated rings. The molecule has 1 aliphatic rings. The number of fused-ring (bicyclic) bond motifs is 1. The molecule has 0 atom stereocenters. The van der Waals surface area contributed by atoms with Gasteiger partial charge in [0.2, 0.25) is 0 Å². The summed E-state index contributed by atoms with van der Waals surface area (Å²) in [4.78, 5) is 0. The van der Waals surface area contributed by atoms with Gasteiger partial charge in [-0.1, -0.05) is 12.1 Å². The van der Waals surface area contributed by atoms with Crippen LogP contribution in [0.25, 0.3) is 10.9 Å². The summed E-state index contributed by atoms with van der Waals surface area (Å²) in [6.07, 6.45) is 2.14. The summed E-state index contributed by atoms with van der Waals surface area (Å²) in [5.74, 6) is 0. The first-order valence-electron chi connectivity index (χ1n) is 7.68. The first-order chi connectivity index (χ1) is 9.73. The van der Waals surface area contributed by atoms with E-state index >= 15 is 0 Å². The number of hydrogen-bond donors (Lipinski definition) is 0. The second kappa shape index (κ2) is 4.62. The fraction of sp³-hybridized carbons (Fsp3) is 0.529. The van der Waals surface area contributed by atoms with Crippen molar-refractivity contribution in [1.82, 2.24) is 4.57 Å². The lowest BCUT2D eigenvalue weighted by molar-refractivity contribution is 0.00578. The van der Waals surface area contributed by atoms with Gasteiger partial charge in [0.25, 0.3) is 0 Å². The van der Waals surface area contributed by atoms with Crippen LogP contribution in [0.4, 0.5) is 0 Å². The minimum atomic E-state index is -0.305. The van der Waals surface area contributed by atoms with Gasteiger partial charge >= 0.3 is 7.12 Å². The van der Waals surface area contributed by atoms with Crippen LogP contribution >= 0.6 is 0 Å². The third-order valence-corrected chi connectivity index (χ3v) is 4.86. The third kappa shape index (κ3) is 2.21. The summed E-state index contributed by atoms with van der Waals surface area (Å²) in [6, 6.07) is 8.95. The van der Waals surface area contributed by atoms with E-state index in [1.54, 1.807) is 0 Å². The van der Waals surface area contributed by atoms with Crippen molar-refractivity contribution < 1.29 is 9.31 Å². The van der Waals surface area contributed by atoms with Gasteiger partial charge in [-0.15, -0.1) is 0 Å². The van der Waals surface area contributed by atoms with Gasteiger partial charge in [-0.05, 0) is 64.5 Å². The SMILES string of the molecule is CC(C)n1ccc2c(B3OC(C)(C)C(C)(C)O3)cccc21. The third-order valence-electron chi connectivity index (χ3n) is 4.86. The highest BCUT2D eigenvalue weighted by Crippen LogP contribution is 2.37. The molecule has 0 unspecified atom stereocenters. The van der Waals surface area contributed by atoms with Crippen LogP contribution in [0.15, 0.2) is 30.5 Å². The van der Waals surface area contributed by atoms with Gasteiger partial charge in [0, 0.05) is 17.8 Å². The molecule has 1 aliphatic heterocycles. The number of benzene rings is 1. The maximum absolute atomic E-state index is 6.20. The highest BCUT2D eigenvalue weighted by atomic mass is 16.7. The number of rotatable bonds is 2. The van der Waals surface area contributed by atoms with Crippen molar-refractivity contribution in [2.75, 3.05) is 0 Å². The molecule has 2 heterocycles. The number of aromatic nitrogens is 1. The van der Waals surface area contributed by atoms with E-state index in [4.69, 9.17) is 9.31 Å². The monoisotopic (exact) mass is 285 g/mol. The van der Waals surface area contributed by atoms with Crippen molar-refractivity contribution in [3.05, 3.63) is 30.5 Å². The molecule has 0 radical (unpaired) electrons. The van der Waals surface area contributed by atoms with E-state index in [0.29, 0.717) is 6.04 Å². The normalized spacial score (nSPS) is 20.6. The van der Waals surface area contributed by atoms with Gasteiger partial charge in [0.05, 0.1) is 11.2 Å². The summed E-state index contributed by atoms with van der Waals surface area (Å²) in [7, 11) is -0.304. The lowest BCUT2D eigenvalue weighted by Gasteiger charge is -2.32. The Balaban J connectivity index is 2.07. The average Bonchev–Trinajstić information content (AvgIpc) is 2.88. The van der Waals surface area contributed by atoms with Crippen molar-refractivity contribution in [2.24, 2.45) is 0 Å². The fourth-order valence-electron chi connectivity index (χ4n) is 2.84. The van der Waals surface area contributed by atoms with Crippen LogP contribution in [-0.2, 0) is 9.31 Å². The van der Waals surface area contributed by atoms with Gasteiger partial charge in [0.1, 0.15) is 0 Å². The molecule has 0 amide bonds. The van der Waals surface area contributed by atoms with Crippen LogP contribution in [0.2, 0.25) is 0 Å². The second-order valence-corrected chi connectivity index (χ2v) is 7.19. The van der Waals surface area contributed by atoms with Crippen molar-refractivity contribution in [1.29, 1.82) is 0 Å². The molecular formula is C17H24BNO2. The minimum absolute atomic E-state index is 0.304. The summed E-state index contributed by atoms with van der Waals surface area (Å²) in [6.45, 7) is 12.7. The van der Waals surface area contributed by atoms with E-state index in [0.717, 1.165) is 5.46 Å². The number of nitrogens with zero attached hydrogens (tertiary/aromatic N) is 1. The molecule has 21 heavy (non-hydrogen) atoms. The predicted molar refractivity (Wildman–Crippen MR) is 88.0 cm³/mol. The van der Waals surface area contributed by atoms with Crippen LogP contribution in [0.3, 0.4) is 0 Å². The summed E-state index contributed by atoms with van der Waals surface area (Å²) >= 11 is 0. The Morgan fingerprint density at radius 3 is 2.19 bits per heavy atom. The molecule has 3 nitrogen and oxygen atoms in total. The fourth-order valence-corrected chi connectivity index (χ4v) is 2.84. The Labute approximate surface area is 127 Å². The highest BCUT2D eigenvalue weighted by molar-refractivity contribution is 6.65. The molecule has 0 spiro atoms. The molecule has 0 bridgehead atoms. The molecule has 1 aromatic heterocycles. The Bertz CT molecular complexity index is 656. The van der Waals surface area contributed by atoms with Crippen molar-refractivity contribution in [2.45, 2.75) is 58.8 Å². The second-order valence-electron chi connectivity index (χ2n) is 7.19. The predicted octanol–water partition coefficient (Wildman–Crippen LogP) is 3.52. The molecular weight excluding hydrogens is 261 g/mol. The molecule has 4 heteroatoms. The quantitative estimate of drug-likeness (QED) is 0.788. The zero-order valence-electron chi connectivity index (χ0n) is 13.8. The van der Waals surface area contributed by atoms with Gasteiger partial charge in [0.15, 0.2) is 0 Å². The van der Waals surface area contributed by atoms with Gasteiger partial charge < -0.3 is 13.9 Å². The molecule has 2 aromatic rings. The standard InChI is InChI=1S/C17H24BNO2/c1-12(2)19-11-10-13-14(8-7-9-15(13)19)18-20-16(3,4)17(5,6)21-18/h7-12H,1-6H3. The van der Waals surface area contributed by atoms with Crippen LogP contribution < -0.4 is 5.46 Å². The molecule has 0 saturated carbocycles. The Kier molecular flexibility index (Phi) is 3.23. The lowest BCUT2D eigenvalue weighted by Crippen LogP contribution is -2.41. The molecule has 0 aliphatic carbocycles. The summed E-state index contributed by atoms with van der Waals surface area (Å²) < 4.78 is 14.7. The Morgan fingerprint density at radius 2 is 1.62 bits per heavy atom. The van der Waals surface area contributed by atoms with E-state index in [1.807, 2.05) is 0 Å². The van der Waals surface area contributed by atoms with Gasteiger partial charge in [-0.2, -0.15) is 0 Å². The first kappa shape index (κ1) is 14.7. The van der Waals surface area contributed by atoms with E-state index < -0.39 is 0 Å². The van der Waals surface area contributed by atoms with E-state index in [9.17, 15) is 0 Å². The summed E-state index contributed by atoms with van der Waals surface area (Å²) in [5.41, 5.74) is 1.74. The first-order valence-corrected chi connectivity index (χ1v) is 7.68. The van der Waals surface area contributed by atoms with E-state index in [-0.39, 0.29) is 18.3 Å². The summed E-state index contributed by atoms with van der Waals surface area (Å²) in [5, 5.41) is 1.21. The maximum atomic E-state index is 6.20. The minimum Gasteiger partial charge on any atom is -0.399 e. The highest BCUT2D eigenvalue weighted by Gasteiger charge is 2.52. The van der Waals surface area contributed by atoms with Crippen LogP contribution in [0, 0.1) is 0 Å². The van der Waals surface area contributed by atoms with Crippen molar-refractivity contribution in [3.63, 3.8) is 0 Å². The zero-order valence-corrected chi connectivity index (χ0v) is 13.8. The zero-order chi connectivity index (χ0) is 15.4. The van der Waals surface area contributed by atoms with Crippen LogP contribution in [-0.4, -0.2) is 22.9 Å². The molecule has 1 saturated heterocycles. The van der Waals surface area contributed by atoms with Gasteiger partial charge in [-0.3, -0.25) is 0 Å². The molecule has 3 rings (SSSR count). The molecule has 1 aromatic carbocycles. The smallest absolute Gasteiger partial charge is 0.399 e. The Morgan fingerprint density at radius 1 is 1.00 bits per heavy atom. The van der Waals surface area contributed by atoms with Crippen molar-refractivity contribution in [3.8, 4) is 0 Å². The lowest BCUT2D eigenvalue weighted by atomic mass is 9.77. The average molecular weight is 285 g/mol. The largest absolute Gasteiger partial charge is 0.495 e. The maximum Gasteiger partial charge on any atom is 0.495 e. The van der Waals surface area contributed by atoms with E-state index in [1.165, 1.54) is 10.9 Å². The van der Waals surface area contributed by atoms with Crippen LogP contribution in [0.1, 0.15) is 47.6 Å². The molecule has 0 N–H and O–H groups in total.